The van der Waals surface area contributed by atoms with Crippen molar-refractivity contribution in [3.63, 3.8) is 0 Å². The van der Waals surface area contributed by atoms with E-state index in [2.05, 4.69) is 26.0 Å². The van der Waals surface area contributed by atoms with E-state index in [1.54, 1.807) is 0 Å². The molecule has 2 rings (SSSR count). The smallest absolute Gasteiger partial charge is 0.0583 e. The Bertz CT molecular complexity index is 187. The van der Waals surface area contributed by atoms with Crippen LogP contribution in [-0.2, 0) is 4.74 Å². The van der Waals surface area contributed by atoms with E-state index in [0.717, 1.165) is 11.8 Å². The summed E-state index contributed by atoms with van der Waals surface area (Å²) >= 11 is 0. The van der Waals surface area contributed by atoms with Gasteiger partial charge in [-0.1, -0.05) is 33.4 Å². The summed E-state index contributed by atoms with van der Waals surface area (Å²) in [5.41, 5.74) is 0.495. The molecular weight excluding hydrogens is 160 g/mol. The Morgan fingerprint density at radius 2 is 1.62 bits per heavy atom. The maximum Gasteiger partial charge on any atom is 0.0583 e. The van der Waals surface area contributed by atoms with Gasteiger partial charge in [0.1, 0.15) is 0 Å². The molecule has 2 aliphatic carbocycles. The lowest BCUT2D eigenvalue weighted by Crippen LogP contribution is -2.37. The molecule has 76 valence electrons. The van der Waals surface area contributed by atoms with Gasteiger partial charge in [-0.3, -0.25) is 0 Å². The summed E-state index contributed by atoms with van der Waals surface area (Å²) in [6.45, 7) is 4.77. The van der Waals surface area contributed by atoms with Gasteiger partial charge < -0.3 is 4.74 Å². The van der Waals surface area contributed by atoms with Crippen molar-refractivity contribution in [2.45, 2.75) is 40.2 Å². The Kier molecular flexibility index (Phi) is 2.86. The van der Waals surface area contributed by atoms with Gasteiger partial charge in [0.15, 0.2) is 0 Å². The van der Waals surface area contributed by atoms with Crippen molar-refractivity contribution >= 4 is 0 Å². The minimum atomic E-state index is 0. The number of methoxy groups -OCH3 is 1. The van der Waals surface area contributed by atoms with Crippen LogP contribution in [0.1, 0.15) is 34.1 Å². The molecule has 2 atom stereocenters. The van der Waals surface area contributed by atoms with Crippen LogP contribution in [0.5, 0.6) is 0 Å². The van der Waals surface area contributed by atoms with Gasteiger partial charge in [0.05, 0.1) is 6.10 Å². The zero-order valence-electron chi connectivity index (χ0n) is 8.21. The molecule has 1 nitrogen and oxygen atoms in total. The van der Waals surface area contributed by atoms with Crippen LogP contribution in [0.25, 0.3) is 0 Å². The fraction of sp³-hybridized carbons (Fsp3) is 0.833. The number of fused-ring (bicyclic) bond motifs is 2. The standard InChI is InChI=1S/C11H18O.CH4/c1-11(2)8-4-5-9(11)7-10(6-8)12-3;/h4-5,8-10H,6-7H2,1-3H3;1H4. The van der Waals surface area contributed by atoms with Crippen molar-refractivity contribution in [3.8, 4) is 0 Å². The first-order chi connectivity index (χ1) is 5.64. The van der Waals surface area contributed by atoms with Gasteiger partial charge >= 0.3 is 0 Å². The second-order valence-corrected chi connectivity index (χ2v) is 4.75. The van der Waals surface area contributed by atoms with Gasteiger partial charge in [-0.2, -0.15) is 0 Å². The SMILES string of the molecule is C.COC1CC2C=CC(C1)C2(C)C. The molecule has 0 saturated heterocycles. The lowest BCUT2D eigenvalue weighted by atomic mass is 9.66. The van der Waals surface area contributed by atoms with Gasteiger partial charge in [0.2, 0.25) is 0 Å². The zero-order chi connectivity index (χ0) is 8.77. The van der Waals surface area contributed by atoms with Gasteiger partial charge in [-0.05, 0) is 30.1 Å². The van der Waals surface area contributed by atoms with Crippen LogP contribution < -0.4 is 0 Å². The molecular formula is C12H22O. The first-order valence-corrected chi connectivity index (χ1v) is 4.85. The molecule has 1 saturated carbocycles. The molecule has 0 heterocycles. The minimum absolute atomic E-state index is 0. The van der Waals surface area contributed by atoms with E-state index in [4.69, 9.17) is 4.74 Å². The molecule has 0 aliphatic heterocycles. The third-order valence-corrected chi connectivity index (χ3v) is 3.85. The average molecular weight is 182 g/mol. The van der Waals surface area contributed by atoms with E-state index in [-0.39, 0.29) is 7.43 Å². The van der Waals surface area contributed by atoms with Crippen molar-refractivity contribution in [2.24, 2.45) is 17.3 Å². The van der Waals surface area contributed by atoms with Crippen molar-refractivity contribution < 1.29 is 4.74 Å². The number of rotatable bonds is 1. The highest BCUT2D eigenvalue weighted by Gasteiger charge is 2.44. The van der Waals surface area contributed by atoms with Crippen LogP contribution in [0.4, 0.5) is 0 Å². The predicted molar refractivity (Wildman–Crippen MR) is 56.7 cm³/mol. The molecule has 0 aromatic rings. The van der Waals surface area contributed by atoms with Gasteiger partial charge in [0.25, 0.3) is 0 Å². The molecule has 1 fully saturated rings. The van der Waals surface area contributed by atoms with E-state index in [1.807, 2.05) is 7.11 Å². The third-order valence-electron chi connectivity index (χ3n) is 3.85. The van der Waals surface area contributed by atoms with Crippen molar-refractivity contribution in [1.29, 1.82) is 0 Å². The summed E-state index contributed by atoms with van der Waals surface area (Å²) in [4.78, 5) is 0. The molecule has 0 N–H and O–H groups in total. The lowest BCUT2D eigenvalue weighted by Gasteiger charge is -2.41. The largest absolute Gasteiger partial charge is 0.381 e. The van der Waals surface area contributed by atoms with Crippen LogP contribution in [0.3, 0.4) is 0 Å². The number of allylic oxidation sites excluding steroid dienone is 2. The highest BCUT2D eigenvalue weighted by Crippen LogP contribution is 2.51. The quantitative estimate of drug-likeness (QED) is 0.566. The van der Waals surface area contributed by atoms with Crippen molar-refractivity contribution in [1.82, 2.24) is 0 Å². The predicted octanol–water partition coefficient (Wildman–Crippen LogP) is 3.26. The lowest BCUT2D eigenvalue weighted by molar-refractivity contribution is -0.000732. The van der Waals surface area contributed by atoms with E-state index in [0.29, 0.717) is 11.5 Å². The van der Waals surface area contributed by atoms with Crippen LogP contribution in [0.15, 0.2) is 12.2 Å². The maximum atomic E-state index is 5.43. The molecule has 0 aromatic carbocycles. The fourth-order valence-corrected chi connectivity index (χ4v) is 2.66. The van der Waals surface area contributed by atoms with Gasteiger partial charge in [-0.15, -0.1) is 0 Å². The molecule has 2 bridgehead atoms. The van der Waals surface area contributed by atoms with Crippen LogP contribution in [0.2, 0.25) is 0 Å². The Morgan fingerprint density at radius 1 is 1.15 bits per heavy atom. The zero-order valence-corrected chi connectivity index (χ0v) is 8.21. The fourth-order valence-electron chi connectivity index (χ4n) is 2.66. The molecule has 2 unspecified atom stereocenters. The van der Waals surface area contributed by atoms with Crippen LogP contribution in [-0.4, -0.2) is 13.2 Å². The van der Waals surface area contributed by atoms with Gasteiger partial charge in [0, 0.05) is 7.11 Å². The summed E-state index contributed by atoms with van der Waals surface area (Å²) in [5.74, 6) is 1.50. The summed E-state index contributed by atoms with van der Waals surface area (Å²) in [7, 11) is 1.84. The summed E-state index contributed by atoms with van der Waals surface area (Å²) < 4.78 is 5.43. The van der Waals surface area contributed by atoms with Crippen molar-refractivity contribution in [2.75, 3.05) is 7.11 Å². The highest BCUT2D eigenvalue weighted by atomic mass is 16.5. The van der Waals surface area contributed by atoms with E-state index < -0.39 is 0 Å². The Hall–Kier alpha value is -0.300. The Morgan fingerprint density at radius 3 is 2.00 bits per heavy atom. The van der Waals surface area contributed by atoms with E-state index in [1.165, 1.54) is 12.8 Å². The molecule has 1 heteroatoms. The van der Waals surface area contributed by atoms with Crippen LogP contribution in [0, 0.1) is 17.3 Å². The van der Waals surface area contributed by atoms with Gasteiger partial charge in [-0.25, -0.2) is 0 Å². The molecule has 0 amide bonds. The third kappa shape index (κ3) is 1.54. The second-order valence-electron chi connectivity index (χ2n) is 4.75. The second kappa shape index (κ2) is 3.45. The molecule has 0 spiro atoms. The normalized spacial score (nSPS) is 40.1. The minimum Gasteiger partial charge on any atom is -0.381 e. The monoisotopic (exact) mass is 182 g/mol. The molecule has 0 radical (unpaired) electrons. The Labute approximate surface area is 82.2 Å². The topological polar surface area (TPSA) is 9.23 Å². The summed E-state index contributed by atoms with van der Waals surface area (Å²) in [5, 5.41) is 0. The average Bonchev–Trinajstić information content (AvgIpc) is 2.29. The molecule has 0 aromatic heterocycles. The summed E-state index contributed by atoms with van der Waals surface area (Å²) in [6, 6.07) is 0. The first-order valence-electron chi connectivity index (χ1n) is 4.85. The number of hydrogen-bond donors (Lipinski definition) is 0. The van der Waals surface area contributed by atoms with E-state index >= 15 is 0 Å². The summed E-state index contributed by atoms with van der Waals surface area (Å²) in [6.07, 6.45) is 7.73. The van der Waals surface area contributed by atoms with E-state index in [9.17, 15) is 0 Å². The molecule has 13 heavy (non-hydrogen) atoms. The highest BCUT2D eigenvalue weighted by molar-refractivity contribution is 5.14. The Balaban J connectivity index is 0.000000845. The number of ether oxygens (including phenoxy) is 1. The number of hydrogen-bond acceptors (Lipinski definition) is 1. The van der Waals surface area contributed by atoms with Crippen LogP contribution >= 0.6 is 0 Å². The van der Waals surface area contributed by atoms with Crippen molar-refractivity contribution in [3.05, 3.63) is 12.2 Å². The molecule has 2 aliphatic rings. The first kappa shape index (κ1) is 10.8. The maximum absolute atomic E-state index is 5.43.